The highest BCUT2D eigenvalue weighted by Gasteiger charge is 2.14. The fourth-order valence-corrected chi connectivity index (χ4v) is 1.98. The number of nitrogens with one attached hydrogen (secondary N) is 1. The number of carbonyl (C=O) groups excluding carboxylic acids is 1. The monoisotopic (exact) mass is 262 g/mol. The highest BCUT2D eigenvalue weighted by atomic mass is 35.5. The summed E-state index contributed by atoms with van der Waals surface area (Å²) in [4.78, 5) is 12.7. The molecule has 0 saturated carbocycles. The summed E-state index contributed by atoms with van der Waals surface area (Å²) in [6, 6.07) is 3.59. The average Bonchev–Trinajstić information content (AvgIpc) is 2.65. The van der Waals surface area contributed by atoms with E-state index in [1.165, 1.54) is 0 Å². The van der Waals surface area contributed by atoms with Crippen LogP contribution in [-0.4, -0.2) is 11.9 Å². The summed E-state index contributed by atoms with van der Waals surface area (Å²) < 4.78 is 0. The van der Waals surface area contributed by atoms with Gasteiger partial charge in [0.15, 0.2) is 0 Å². The van der Waals surface area contributed by atoms with Gasteiger partial charge >= 0.3 is 0 Å². The van der Waals surface area contributed by atoms with Crippen LogP contribution in [-0.2, 0) is 11.3 Å². The summed E-state index contributed by atoms with van der Waals surface area (Å²) in [5.74, 6) is 0.393. The molecule has 1 heterocycles. The zero-order valence-corrected chi connectivity index (χ0v) is 11.2. The van der Waals surface area contributed by atoms with Gasteiger partial charge in [0.2, 0.25) is 5.91 Å². The molecule has 0 aliphatic carbocycles. The van der Waals surface area contributed by atoms with Gasteiger partial charge in [-0.15, -0.1) is 23.7 Å². The number of thiophene rings is 1. The largest absolute Gasteiger partial charge is 0.350 e. The quantitative estimate of drug-likeness (QED) is 0.854. The van der Waals surface area contributed by atoms with Crippen molar-refractivity contribution < 1.29 is 4.79 Å². The van der Waals surface area contributed by atoms with Gasteiger partial charge in [-0.2, -0.15) is 0 Å². The molecule has 5 heteroatoms. The molecule has 1 rings (SSSR count). The van der Waals surface area contributed by atoms with Crippen molar-refractivity contribution >= 4 is 29.7 Å². The summed E-state index contributed by atoms with van der Waals surface area (Å²) in [6.45, 7) is 4.71. The number of halogens is 1. The van der Waals surface area contributed by atoms with Gasteiger partial charge in [-0.1, -0.05) is 19.9 Å². The minimum absolute atomic E-state index is 0. The van der Waals surface area contributed by atoms with E-state index in [4.69, 9.17) is 5.73 Å². The Hall–Kier alpha value is -0.580. The summed E-state index contributed by atoms with van der Waals surface area (Å²) >= 11 is 1.63. The number of carbonyl (C=O) groups is 1. The van der Waals surface area contributed by atoms with E-state index in [1.807, 2.05) is 17.5 Å². The minimum atomic E-state index is -0.384. The van der Waals surface area contributed by atoms with E-state index in [0.717, 1.165) is 11.3 Å². The maximum atomic E-state index is 11.5. The van der Waals surface area contributed by atoms with Crippen LogP contribution in [0.5, 0.6) is 0 Å². The van der Waals surface area contributed by atoms with E-state index in [1.54, 1.807) is 11.3 Å². The molecule has 0 aliphatic rings. The summed E-state index contributed by atoms with van der Waals surface area (Å²) in [7, 11) is 0. The summed E-state index contributed by atoms with van der Waals surface area (Å²) in [6.07, 6.45) is 0.732. The molecule has 0 fully saturated rings. The molecule has 0 radical (unpaired) electrons. The second kappa shape index (κ2) is 7.65. The molecule has 1 amide bonds. The van der Waals surface area contributed by atoms with E-state index in [-0.39, 0.29) is 24.4 Å². The van der Waals surface area contributed by atoms with Crippen molar-refractivity contribution in [2.75, 3.05) is 0 Å². The van der Waals surface area contributed by atoms with Crippen molar-refractivity contribution in [1.82, 2.24) is 5.32 Å². The van der Waals surface area contributed by atoms with E-state index >= 15 is 0 Å². The predicted octanol–water partition coefficient (Wildman–Crippen LogP) is 2.16. The van der Waals surface area contributed by atoms with Gasteiger partial charge in [0.05, 0.1) is 12.6 Å². The van der Waals surface area contributed by atoms with Crippen LogP contribution in [0.2, 0.25) is 0 Å². The predicted molar refractivity (Wildman–Crippen MR) is 70.8 cm³/mol. The van der Waals surface area contributed by atoms with E-state index in [2.05, 4.69) is 19.2 Å². The zero-order valence-electron chi connectivity index (χ0n) is 9.60. The number of rotatable bonds is 5. The van der Waals surface area contributed by atoms with Crippen LogP contribution >= 0.6 is 23.7 Å². The molecular weight excluding hydrogens is 244 g/mol. The van der Waals surface area contributed by atoms with Crippen LogP contribution in [0.3, 0.4) is 0 Å². The van der Waals surface area contributed by atoms with Crippen molar-refractivity contribution in [1.29, 1.82) is 0 Å². The first kappa shape index (κ1) is 15.4. The Morgan fingerprint density at radius 2 is 2.25 bits per heavy atom. The Bertz CT molecular complexity index is 301. The van der Waals surface area contributed by atoms with Gasteiger partial charge in [-0.25, -0.2) is 0 Å². The molecule has 1 aromatic rings. The second-order valence-electron chi connectivity index (χ2n) is 4.03. The summed E-state index contributed by atoms with van der Waals surface area (Å²) in [5, 5.41) is 4.83. The molecular formula is C11H19ClN2OS. The average molecular weight is 263 g/mol. The molecule has 16 heavy (non-hydrogen) atoms. The van der Waals surface area contributed by atoms with E-state index in [0.29, 0.717) is 12.5 Å². The fraction of sp³-hybridized carbons (Fsp3) is 0.545. The first-order valence-electron chi connectivity index (χ1n) is 5.15. The third-order valence-electron chi connectivity index (χ3n) is 2.08. The van der Waals surface area contributed by atoms with Crippen LogP contribution < -0.4 is 11.1 Å². The Balaban J connectivity index is 0.00000225. The maximum Gasteiger partial charge on any atom is 0.237 e. The molecule has 3 nitrogen and oxygen atoms in total. The fourth-order valence-electron chi connectivity index (χ4n) is 1.33. The molecule has 0 aliphatic heterocycles. The lowest BCUT2D eigenvalue weighted by Crippen LogP contribution is -2.40. The zero-order chi connectivity index (χ0) is 11.3. The molecule has 92 valence electrons. The standard InChI is InChI=1S/C11H18N2OS.ClH/c1-8(2)6-10(12)11(14)13-7-9-4-3-5-15-9;/h3-5,8,10H,6-7,12H2,1-2H3,(H,13,14);1H/t10-;/m0./s1. The SMILES string of the molecule is CC(C)C[C@H](N)C(=O)NCc1cccs1.Cl. The van der Waals surface area contributed by atoms with Crippen molar-refractivity contribution in [3.8, 4) is 0 Å². The Labute approximate surface area is 107 Å². The number of hydrogen-bond donors (Lipinski definition) is 2. The van der Waals surface area contributed by atoms with E-state index < -0.39 is 0 Å². The number of nitrogens with two attached hydrogens (primary N) is 1. The highest BCUT2D eigenvalue weighted by molar-refractivity contribution is 7.09. The molecule has 0 bridgehead atoms. The summed E-state index contributed by atoms with van der Waals surface area (Å²) in [5.41, 5.74) is 5.75. The molecule has 0 spiro atoms. The molecule has 3 N–H and O–H groups in total. The van der Waals surface area contributed by atoms with Crippen LogP contribution in [0.15, 0.2) is 17.5 Å². The second-order valence-corrected chi connectivity index (χ2v) is 5.07. The van der Waals surface area contributed by atoms with Gasteiger partial charge in [0, 0.05) is 4.88 Å². The minimum Gasteiger partial charge on any atom is -0.350 e. The van der Waals surface area contributed by atoms with Gasteiger partial charge in [-0.3, -0.25) is 4.79 Å². The third-order valence-corrected chi connectivity index (χ3v) is 2.96. The smallest absolute Gasteiger partial charge is 0.237 e. The normalized spacial score (nSPS) is 12.0. The van der Waals surface area contributed by atoms with Crippen molar-refractivity contribution in [2.45, 2.75) is 32.9 Å². The van der Waals surface area contributed by atoms with Crippen molar-refractivity contribution in [3.05, 3.63) is 22.4 Å². The number of hydrogen-bond acceptors (Lipinski definition) is 3. The first-order chi connectivity index (χ1) is 7.09. The Kier molecular flexibility index (Phi) is 7.38. The van der Waals surface area contributed by atoms with E-state index in [9.17, 15) is 4.79 Å². The highest BCUT2D eigenvalue weighted by Crippen LogP contribution is 2.08. The van der Waals surface area contributed by atoms with Gasteiger partial charge in [0.25, 0.3) is 0 Å². The lowest BCUT2D eigenvalue weighted by Gasteiger charge is -2.13. The van der Waals surface area contributed by atoms with Crippen LogP contribution in [0.25, 0.3) is 0 Å². The molecule has 0 unspecified atom stereocenters. The molecule has 1 aromatic heterocycles. The Morgan fingerprint density at radius 1 is 1.56 bits per heavy atom. The molecule has 0 saturated heterocycles. The lowest BCUT2D eigenvalue weighted by atomic mass is 10.0. The van der Waals surface area contributed by atoms with Gasteiger partial charge in [0.1, 0.15) is 0 Å². The van der Waals surface area contributed by atoms with Crippen molar-refractivity contribution in [3.63, 3.8) is 0 Å². The van der Waals surface area contributed by atoms with Crippen LogP contribution in [0.1, 0.15) is 25.1 Å². The van der Waals surface area contributed by atoms with Gasteiger partial charge < -0.3 is 11.1 Å². The van der Waals surface area contributed by atoms with Crippen LogP contribution in [0, 0.1) is 5.92 Å². The van der Waals surface area contributed by atoms with Gasteiger partial charge in [-0.05, 0) is 23.8 Å². The molecule has 0 aromatic carbocycles. The maximum absolute atomic E-state index is 11.5. The van der Waals surface area contributed by atoms with Crippen LogP contribution in [0.4, 0.5) is 0 Å². The lowest BCUT2D eigenvalue weighted by molar-refractivity contribution is -0.122. The molecule has 1 atom stereocenters. The topological polar surface area (TPSA) is 55.1 Å². The van der Waals surface area contributed by atoms with Crippen molar-refractivity contribution in [2.24, 2.45) is 11.7 Å². The first-order valence-corrected chi connectivity index (χ1v) is 6.03. The Morgan fingerprint density at radius 3 is 2.75 bits per heavy atom. The number of amides is 1. The third kappa shape index (κ3) is 5.49.